The van der Waals surface area contributed by atoms with Crippen molar-refractivity contribution in [1.29, 1.82) is 0 Å². The van der Waals surface area contributed by atoms with Crippen molar-refractivity contribution in [3.8, 4) is 17.0 Å². The predicted molar refractivity (Wildman–Crippen MR) is 142 cm³/mol. The molecule has 4 N–H and O–H groups in total. The number of benzene rings is 2. The van der Waals surface area contributed by atoms with E-state index in [4.69, 9.17) is 4.74 Å². The Morgan fingerprint density at radius 2 is 1.65 bits per heavy atom. The zero-order valence-electron chi connectivity index (χ0n) is 20.4. The molecule has 0 saturated heterocycles. The Kier molecular flexibility index (Phi) is 7.11. The maximum absolute atomic E-state index is 13.4. The topological polar surface area (TPSA) is 129 Å². The molecular weight excluding hydrogens is 490 g/mol. The number of pyridine rings is 1. The minimum Gasteiger partial charge on any atom is -0.497 e. The van der Waals surface area contributed by atoms with Gasteiger partial charge in [0, 0.05) is 23.7 Å². The van der Waals surface area contributed by atoms with Crippen molar-refractivity contribution < 1.29 is 18.3 Å². The lowest BCUT2D eigenvalue weighted by Gasteiger charge is -2.26. The molecule has 0 amide bonds. The molecule has 5 rings (SSSR count). The van der Waals surface area contributed by atoms with Crippen LogP contribution >= 0.6 is 0 Å². The van der Waals surface area contributed by atoms with E-state index in [1.54, 1.807) is 43.5 Å². The van der Waals surface area contributed by atoms with Crippen molar-refractivity contribution in [3.63, 3.8) is 0 Å². The first-order valence-corrected chi connectivity index (χ1v) is 13.6. The number of H-pyrrole nitrogens is 1. The Morgan fingerprint density at radius 3 is 2.41 bits per heavy atom. The first-order valence-electron chi connectivity index (χ1n) is 12.1. The highest BCUT2D eigenvalue weighted by atomic mass is 32.2. The number of sulfone groups is 1. The van der Waals surface area contributed by atoms with Gasteiger partial charge in [-0.3, -0.25) is 5.10 Å². The Labute approximate surface area is 215 Å². The van der Waals surface area contributed by atoms with E-state index in [2.05, 4.69) is 25.8 Å². The first kappa shape index (κ1) is 24.8. The van der Waals surface area contributed by atoms with Gasteiger partial charge in [-0.25, -0.2) is 13.4 Å². The maximum atomic E-state index is 13.4. The standard InChI is InChI=1S/C27H29N5O4S/c1-36-21-7-5-6-18(14-21)24-17-27(32-31-24)30-26-16-23(37(34,35)22-8-3-2-4-9-22)15-25(29-26)28-19-10-12-20(33)13-11-19/h2-9,14-17,19-20,33H,10-13H2,1H3,(H3,28,29,30,31,32). The van der Waals surface area contributed by atoms with Gasteiger partial charge in [-0.1, -0.05) is 30.3 Å². The highest BCUT2D eigenvalue weighted by Crippen LogP contribution is 2.30. The lowest BCUT2D eigenvalue weighted by Crippen LogP contribution is -2.28. The number of hydrogen-bond donors (Lipinski definition) is 4. The van der Waals surface area contributed by atoms with E-state index in [9.17, 15) is 13.5 Å². The second-order valence-electron chi connectivity index (χ2n) is 9.06. The average Bonchev–Trinajstić information content (AvgIpc) is 3.39. The number of aliphatic hydroxyl groups is 1. The normalized spacial score (nSPS) is 17.8. The molecule has 0 unspecified atom stereocenters. The SMILES string of the molecule is COc1cccc(-c2cc(Nc3cc(S(=O)(=O)c4ccccc4)cc(NC4CCC(O)CC4)n3)n[nH]2)c1. The molecule has 0 bridgehead atoms. The summed E-state index contributed by atoms with van der Waals surface area (Å²) in [4.78, 5) is 4.97. The van der Waals surface area contributed by atoms with E-state index in [0.717, 1.165) is 29.8 Å². The summed E-state index contributed by atoms with van der Waals surface area (Å²) in [6.45, 7) is 0. The van der Waals surface area contributed by atoms with Crippen LogP contribution in [0.15, 0.2) is 82.6 Å². The maximum Gasteiger partial charge on any atom is 0.206 e. The van der Waals surface area contributed by atoms with E-state index in [-0.39, 0.29) is 21.9 Å². The van der Waals surface area contributed by atoms with Gasteiger partial charge in [0.2, 0.25) is 9.84 Å². The lowest BCUT2D eigenvalue weighted by atomic mass is 9.93. The number of nitrogens with one attached hydrogen (secondary N) is 3. The van der Waals surface area contributed by atoms with Crippen molar-refractivity contribution in [2.75, 3.05) is 17.7 Å². The van der Waals surface area contributed by atoms with Crippen LogP contribution in [0.2, 0.25) is 0 Å². The summed E-state index contributed by atoms with van der Waals surface area (Å²) in [6, 6.07) is 20.9. The molecule has 0 atom stereocenters. The summed E-state index contributed by atoms with van der Waals surface area (Å²) in [5.74, 6) is 2.02. The number of aromatic nitrogens is 3. The van der Waals surface area contributed by atoms with Gasteiger partial charge in [-0.2, -0.15) is 5.10 Å². The van der Waals surface area contributed by atoms with E-state index in [0.29, 0.717) is 30.3 Å². The van der Waals surface area contributed by atoms with Crippen molar-refractivity contribution in [2.24, 2.45) is 0 Å². The summed E-state index contributed by atoms with van der Waals surface area (Å²) in [6.07, 6.45) is 2.68. The summed E-state index contributed by atoms with van der Waals surface area (Å²) in [7, 11) is -2.16. The third-order valence-electron chi connectivity index (χ3n) is 6.43. The highest BCUT2D eigenvalue weighted by Gasteiger charge is 2.23. The van der Waals surface area contributed by atoms with Gasteiger partial charge in [0.05, 0.1) is 28.7 Å². The number of aliphatic hydroxyl groups excluding tert-OH is 1. The highest BCUT2D eigenvalue weighted by molar-refractivity contribution is 7.91. The number of hydrogen-bond acceptors (Lipinski definition) is 8. The summed E-state index contributed by atoms with van der Waals surface area (Å²) < 4.78 is 32.2. The van der Waals surface area contributed by atoms with Gasteiger partial charge in [0.1, 0.15) is 17.4 Å². The molecule has 2 aromatic carbocycles. The fourth-order valence-electron chi connectivity index (χ4n) is 4.42. The Morgan fingerprint density at radius 1 is 0.892 bits per heavy atom. The van der Waals surface area contributed by atoms with Gasteiger partial charge < -0.3 is 20.5 Å². The molecule has 2 aromatic heterocycles. The zero-order chi connectivity index (χ0) is 25.8. The second-order valence-corrected chi connectivity index (χ2v) is 11.0. The molecular formula is C27H29N5O4S. The van der Waals surface area contributed by atoms with Crippen LogP contribution in [0, 0.1) is 0 Å². The van der Waals surface area contributed by atoms with E-state index in [1.165, 1.54) is 6.07 Å². The first-order chi connectivity index (χ1) is 17.9. The molecule has 1 aliphatic rings. The summed E-state index contributed by atoms with van der Waals surface area (Å²) in [5, 5.41) is 23.7. The minimum atomic E-state index is -3.77. The van der Waals surface area contributed by atoms with Gasteiger partial charge >= 0.3 is 0 Å². The number of methoxy groups -OCH3 is 1. The van der Waals surface area contributed by atoms with E-state index < -0.39 is 9.84 Å². The molecule has 1 fully saturated rings. The number of aromatic amines is 1. The fourth-order valence-corrected chi connectivity index (χ4v) is 5.74. The fraction of sp³-hybridized carbons (Fsp3) is 0.259. The molecule has 192 valence electrons. The quantitative estimate of drug-likeness (QED) is 0.262. The predicted octanol–water partition coefficient (Wildman–Crippen LogP) is 4.77. The van der Waals surface area contributed by atoms with Crippen molar-refractivity contribution >= 4 is 27.3 Å². The Bertz CT molecular complexity index is 1470. The molecule has 10 heteroatoms. The van der Waals surface area contributed by atoms with Crippen LogP contribution in [-0.4, -0.2) is 48.0 Å². The van der Waals surface area contributed by atoms with Crippen LogP contribution in [0.5, 0.6) is 5.75 Å². The molecule has 0 aliphatic heterocycles. The summed E-state index contributed by atoms with van der Waals surface area (Å²) in [5.41, 5.74) is 1.67. The van der Waals surface area contributed by atoms with Crippen LogP contribution in [0.3, 0.4) is 0 Å². The number of ether oxygens (including phenoxy) is 1. The van der Waals surface area contributed by atoms with Crippen LogP contribution in [0.25, 0.3) is 11.3 Å². The van der Waals surface area contributed by atoms with E-state index in [1.807, 2.05) is 30.3 Å². The molecule has 9 nitrogen and oxygen atoms in total. The molecule has 0 spiro atoms. The minimum absolute atomic E-state index is 0.100. The number of nitrogens with zero attached hydrogens (tertiary/aromatic N) is 2. The zero-order valence-corrected chi connectivity index (χ0v) is 21.2. The van der Waals surface area contributed by atoms with Crippen LogP contribution in [0.4, 0.5) is 17.5 Å². The Hall–Kier alpha value is -3.89. The monoisotopic (exact) mass is 519 g/mol. The van der Waals surface area contributed by atoms with E-state index >= 15 is 0 Å². The molecule has 0 radical (unpaired) electrons. The molecule has 37 heavy (non-hydrogen) atoms. The lowest BCUT2D eigenvalue weighted by molar-refractivity contribution is 0.126. The third kappa shape index (κ3) is 5.76. The van der Waals surface area contributed by atoms with Gasteiger partial charge in [0.15, 0.2) is 5.82 Å². The van der Waals surface area contributed by atoms with Crippen LogP contribution in [0.1, 0.15) is 25.7 Å². The van der Waals surface area contributed by atoms with Crippen molar-refractivity contribution in [3.05, 3.63) is 72.8 Å². The van der Waals surface area contributed by atoms with Gasteiger partial charge in [-0.15, -0.1) is 0 Å². The third-order valence-corrected chi connectivity index (χ3v) is 8.18. The molecule has 1 saturated carbocycles. The Balaban J connectivity index is 1.46. The number of anilines is 3. The second kappa shape index (κ2) is 10.6. The number of rotatable bonds is 8. The molecule has 1 aliphatic carbocycles. The van der Waals surface area contributed by atoms with Gasteiger partial charge in [-0.05, 0) is 56.0 Å². The largest absolute Gasteiger partial charge is 0.497 e. The molecule has 4 aromatic rings. The molecule has 2 heterocycles. The van der Waals surface area contributed by atoms with Crippen LogP contribution in [-0.2, 0) is 9.84 Å². The van der Waals surface area contributed by atoms with Crippen molar-refractivity contribution in [1.82, 2.24) is 15.2 Å². The van der Waals surface area contributed by atoms with Crippen LogP contribution < -0.4 is 15.4 Å². The average molecular weight is 520 g/mol. The summed E-state index contributed by atoms with van der Waals surface area (Å²) >= 11 is 0. The van der Waals surface area contributed by atoms with Gasteiger partial charge in [0.25, 0.3) is 0 Å². The van der Waals surface area contributed by atoms with Crippen molar-refractivity contribution in [2.45, 2.75) is 47.6 Å². The smallest absolute Gasteiger partial charge is 0.206 e.